The summed E-state index contributed by atoms with van der Waals surface area (Å²) >= 11 is 0. The molecule has 0 heterocycles. The van der Waals surface area contributed by atoms with Crippen LogP contribution in [0.25, 0.3) is 0 Å². The Hall–Kier alpha value is -0.820. The Morgan fingerprint density at radius 3 is 2.40 bits per heavy atom. The monoisotopic (exact) mass is 203 g/mol. The standard InChI is InChI=1S/C14H21N/c1-10-4-3-5-11(2)14(10)13(15)9-8-12-6-7-12/h3-5,12-13H,6-9,15H2,1-2H3. The first-order valence-electron chi connectivity index (χ1n) is 6.00. The van der Waals surface area contributed by atoms with Crippen LogP contribution in [-0.4, -0.2) is 0 Å². The fraction of sp³-hybridized carbons (Fsp3) is 0.571. The number of aryl methyl sites for hydroxylation is 2. The Kier molecular flexibility index (Phi) is 3.11. The molecule has 82 valence electrons. The highest BCUT2D eigenvalue weighted by molar-refractivity contribution is 5.35. The highest BCUT2D eigenvalue weighted by Gasteiger charge is 2.22. The van der Waals surface area contributed by atoms with Gasteiger partial charge in [-0.1, -0.05) is 31.0 Å². The SMILES string of the molecule is Cc1cccc(C)c1C(N)CCC1CC1. The number of nitrogens with two attached hydrogens (primary N) is 1. The molecular weight excluding hydrogens is 182 g/mol. The molecular formula is C14H21N. The van der Waals surface area contributed by atoms with E-state index in [9.17, 15) is 0 Å². The maximum Gasteiger partial charge on any atom is 0.0300 e. The van der Waals surface area contributed by atoms with Crippen LogP contribution < -0.4 is 5.73 Å². The zero-order valence-corrected chi connectivity index (χ0v) is 9.79. The van der Waals surface area contributed by atoms with Gasteiger partial charge < -0.3 is 5.73 Å². The van der Waals surface area contributed by atoms with Crippen LogP contribution in [0.5, 0.6) is 0 Å². The van der Waals surface area contributed by atoms with Crippen LogP contribution in [0.3, 0.4) is 0 Å². The largest absolute Gasteiger partial charge is 0.324 e. The van der Waals surface area contributed by atoms with Gasteiger partial charge in [0.15, 0.2) is 0 Å². The molecule has 0 saturated heterocycles. The Morgan fingerprint density at radius 2 is 1.87 bits per heavy atom. The lowest BCUT2D eigenvalue weighted by Crippen LogP contribution is -2.13. The average Bonchev–Trinajstić information content (AvgIpc) is 2.97. The van der Waals surface area contributed by atoms with Crippen molar-refractivity contribution < 1.29 is 0 Å². The van der Waals surface area contributed by atoms with Crippen LogP contribution in [-0.2, 0) is 0 Å². The van der Waals surface area contributed by atoms with Crippen molar-refractivity contribution in [1.82, 2.24) is 0 Å². The van der Waals surface area contributed by atoms with Gasteiger partial charge in [-0.05, 0) is 49.3 Å². The summed E-state index contributed by atoms with van der Waals surface area (Å²) < 4.78 is 0. The molecule has 1 atom stereocenters. The molecule has 15 heavy (non-hydrogen) atoms. The molecule has 1 aromatic rings. The minimum Gasteiger partial charge on any atom is -0.324 e. The van der Waals surface area contributed by atoms with Gasteiger partial charge in [0, 0.05) is 6.04 Å². The maximum atomic E-state index is 6.27. The maximum absolute atomic E-state index is 6.27. The lowest BCUT2D eigenvalue weighted by Gasteiger charge is -2.17. The fourth-order valence-corrected chi connectivity index (χ4v) is 2.38. The summed E-state index contributed by atoms with van der Waals surface area (Å²) in [6.45, 7) is 4.33. The van der Waals surface area contributed by atoms with Gasteiger partial charge in [-0.25, -0.2) is 0 Å². The third-order valence-electron chi connectivity index (χ3n) is 3.50. The Morgan fingerprint density at radius 1 is 1.27 bits per heavy atom. The van der Waals surface area contributed by atoms with Crippen molar-refractivity contribution >= 4 is 0 Å². The van der Waals surface area contributed by atoms with Crippen molar-refractivity contribution in [2.24, 2.45) is 11.7 Å². The van der Waals surface area contributed by atoms with Gasteiger partial charge in [0.25, 0.3) is 0 Å². The second-order valence-electron chi connectivity index (χ2n) is 4.93. The van der Waals surface area contributed by atoms with Crippen LogP contribution in [0.2, 0.25) is 0 Å². The molecule has 0 aromatic heterocycles. The van der Waals surface area contributed by atoms with E-state index in [-0.39, 0.29) is 6.04 Å². The Labute approximate surface area is 92.7 Å². The summed E-state index contributed by atoms with van der Waals surface area (Å²) in [6.07, 6.45) is 5.32. The molecule has 1 saturated carbocycles. The van der Waals surface area contributed by atoms with Crippen LogP contribution in [0.4, 0.5) is 0 Å². The Bertz CT molecular complexity index is 319. The number of hydrogen-bond donors (Lipinski definition) is 1. The zero-order chi connectivity index (χ0) is 10.8. The van der Waals surface area contributed by atoms with Gasteiger partial charge in [-0.2, -0.15) is 0 Å². The molecule has 1 fully saturated rings. The van der Waals surface area contributed by atoms with E-state index >= 15 is 0 Å². The zero-order valence-electron chi connectivity index (χ0n) is 9.79. The predicted molar refractivity (Wildman–Crippen MR) is 64.8 cm³/mol. The van der Waals surface area contributed by atoms with E-state index in [0.717, 1.165) is 12.3 Å². The quantitative estimate of drug-likeness (QED) is 0.796. The molecule has 0 aliphatic heterocycles. The van der Waals surface area contributed by atoms with Crippen LogP contribution in [0, 0.1) is 19.8 Å². The Balaban J connectivity index is 2.05. The molecule has 2 N–H and O–H groups in total. The topological polar surface area (TPSA) is 26.0 Å². The molecule has 0 radical (unpaired) electrons. The summed E-state index contributed by atoms with van der Waals surface area (Å²) in [6, 6.07) is 6.69. The van der Waals surface area contributed by atoms with Gasteiger partial charge in [0.05, 0.1) is 0 Å². The molecule has 1 unspecified atom stereocenters. The third kappa shape index (κ3) is 2.60. The summed E-state index contributed by atoms with van der Waals surface area (Å²) in [7, 11) is 0. The van der Waals surface area contributed by atoms with E-state index in [1.165, 1.54) is 36.0 Å². The first kappa shape index (κ1) is 10.7. The molecule has 1 aliphatic rings. The lowest BCUT2D eigenvalue weighted by molar-refractivity contribution is 0.571. The minimum absolute atomic E-state index is 0.242. The van der Waals surface area contributed by atoms with E-state index in [2.05, 4.69) is 32.0 Å². The van der Waals surface area contributed by atoms with Crippen molar-refractivity contribution in [1.29, 1.82) is 0 Å². The molecule has 1 nitrogen and oxygen atoms in total. The first-order valence-corrected chi connectivity index (χ1v) is 6.00. The van der Waals surface area contributed by atoms with Crippen LogP contribution in [0.1, 0.15) is 48.4 Å². The summed E-state index contributed by atoms with van der Waals surface area (Å²) in [5, 5.41) is 0. The smallest absolute Gasteiger partial charge is 0.0300 e. The van der Waals surface area contributed by atoms with E-state index in [1.807, 2.05) is 0 Å². The number of rotatable bonds is 4. The van der Waals surface area contributed by atoms with E-state index in [1.54, 1.807) is 0 Å². The molecule has 1 aromatic carbocycles. The number of hydrogen-bond acceptors (Lipinski definition) is 1. The molecule has 0 bridgehead atoms. The highest BCUT2D eigenvalue weighted by Crippen LogP contribution is 2.36. The lowest BCUT2D eigenvalue weighted by atomic mass is 9.93. The fourth-order valence-electron chi connectivity index (χ4n) is 2.38. The summed E-state index contributed by atoms with van der Waals surface area (Å²) in [5.74, 6) is 0.986. The molecule has 0 spiro atoms. The second kappa shape index (κ2) is 4.36. The van der Waals surface area contributed by atoms with Crippen molar-refractivity contribution in [2.45, 2.75) is 45.6 Å². The van der Waals surface area contributed by atoms with Crippen molar-refractivity contribution in [3.8, 4) is 0 Å². The third-order valence-corrected chi connectivity index (χ3v) is 3.50. The predicted octanol–water partition coefficient (Wildman–Crippen LogP) is 3.49. The number of benzene rings is 1. The minimum atomic E-state index is 0.242. The second-order valence-corrected chi connectivity index (χ2v) is 4.93. The van der Waals surface area contributed by atoms with Crippen LogP contribution >= 0.6 is 0 Å². The van der Waals surface area contributed by atoms with Crippen molar-refractivity contribution in [3.05, 3.63) is 34.9 Å². The van der Waals surface area contributed by atoms with Gasteiger partial charge in [0.1, 0.15) is 0 Å². The highest BCUT2D eigenvalue weighted by atomic mass is 14.6. The van der Waals surface area contributed by atoms with Gasteiger partial charge in [-0.3, -0.25) is 0 Å². The van der Waals surface area contributed by atoms with Gasteiger partial charge >= 0.3 is 0 Å². The average molecular weight is 203 g/mol. The summed E-state index contributed by atoms with van der Waals surface area (Å²) in [5.41, 5.74) is 10.3. The molecule has 1 heteroatoms. The van der Waals surface area contributed by atoms with Crippen molar-refractivity contribution in [3.63, 3.8) is 0 Å². The molecule has 1 aliphatic carbocycles. The van der Waals surface area contributed by atoms with Crippen molar-refractivity contribution in [2.75, 3.05) is 0 Å². The molecule has 0 amide bonds. The molecule has 2 rings (SSSR count). The van der Waals surface area contributed by atoms with Gasteiger partial charge in [-0.15, -0.1) is 0 Å². The van der Waals surface area contributed by atoms with E-state index in [0.29, 0.717) is 0 Å². The first-order chi connectivity index (χ1) is 7.18. The van der Waals surface area contributed by atoms with E-state index in [4.69, 9.17) is 5.73 Å². The van der Waals surface area contributed by atoms with E-state index < -0.39 is 0 Å². The summed E-state index contributed by atoms with van der Waals surface area (Å²) in [4.78, 5) is 0. The van der Waals surface area contributed by atoms with Crippen LogP contribution in [0.15, 0.2) is 18.2 Å². The normalized spacial score (nSPS) is 17.8. The van der Waals surface area contributed by atoms with Gasteiger partial charge in [0.2, 0.25) is 0 Å².